The lowest BCUT2D eigenvalue weighted by Crippen LogP contribution is -1.87. The molecule has 0 unspecified atom stereocenters. The average molecular weight is 265 g/mol. The zero-order valence-corrected chi connectivity index (χ0v) is 10.7. The number of rotatable bonds is 3. The van der Waals surface area contributed by atoms with E-state index in [1.54, 1.807) is 7.11 Å². The van der Waals surface area contributed by atoms with Crippen molar-refractivity contribution in [1.29, 1.82) is 5.26 Å². The van der Waals surface area contributed by atoms with E-state index in [4.69, 9.17) is 21.6 Å². The quantitative estimate of drug-likeness (QED) is 0.852. The first-order valence-corrected chi connectivity index (χ1v) is 6.11. The van der Waals surface area contributed by atoms with E-state index in [1.807, 2.05) is 30.3 Å². The van der Waals surface area contributed by atoms with Gasteiger partial charge in [-0.15, -0.1) is 11.3 Å². The van der Waals surface area contributed by atoms with Crippen LogP contribution in [0.3, 0.4) is 0 Å². The van der Waals surface area contributed by atoms with E-state index in [0.717, 1.165) is 16.3 Å². The van der Waals surface area contributed by atoms with Crippen molar-refractivity contribution in [2.75, 3.05) is 7.11 Å². The smallest absolute Gasteiger partial charge is 0.129 e. The summed E-state index contributed by atoms with van der Waals surface area (Å²) in [6.45, 7) is 0. The zero-order chi connectivity index (χ0) is 12.3. The minimum atomic E-state index is 0.227. The predicted molar refractivity (Wildman–Crippen MR) is 68.4 cm³/mol. The molecule has 0 radical (unpaired) electrons. The molecule has 0 aliphatic carbocycles. The molecular formula is C12H9ClN2OS. The van der Waals surface area contributed by atoms with Crippen LogP contribution in [0.15, 0.2) is 24.3 Å². The van der Waals surface area contributed by atoms with Crippen LogP contribution in [-0.4, -0.2) is 12.1 Å². The van der Waals surface area contributed by atoms with Crippen molar-refractivity contribution in [3.8, 4) is 22.4 Å². The summed E-state index contributed by atoms with van der Waals surface area (Å²) in [4.78, 5) is 4.36. The molecule has 0 aliphatic heterocycles. The molecule has 0 saturated carbocycles. The van der Waals surface area contributed by atoms with Gasteiger partial charge in [0.15, 0.2) is 0 Å². The van der Waals surface area contributed by atoms with E-state index >= 15 is 0 Å². The van der Waals surface area contributed by atoms with Gasteiger partial charge in [0, 0.05) is 0 Å². The summed E-state index contributed by atoms with van der Waals surface area (Å²) in [5, 5.41) is 9.43. The Labute approximate surface area is 108 Å². The van der Waals surface area contributed by atoms with Gasteiger partial charge in [-0.2, -0.15) is 5.26 Å². The molecule has 5 heteroatoms. The molecule has 3 nitrogen and oxygen atoms in total. The highest BCUT2D eigenvalue weighted by Crippen LogP contribution is 2.36. The van der Waals surface area contributed by atoms with Crippen LogP contribution in [0.5, 0.6) is 5.75 Å². The molecule has 0 N–H and O–H groups in total. The minimum Gasteiger partial charge on any atom is -0.496 e. The fourth-order valence-electron chi connectivity index (χ4n) is 1.45. The zero-order valence-electron chi connectivity index (χ0n) is 9.11. The number of halogens is 1. The number of aromatic nitrogens is 1. The molecule has 2 aromatic rings. The van der Waals surface area contributed by atoms with Gasteiger partial charge >= 0.3 is 0 Å². The third-order valence-corrected chi connectivity index (χ3v) is 3.60. The number of ether oxygens (including phenoxy) is 1. The number of methoxy groups -OCH3 is 1. The van der Waals surface area contributed by atoms with E-state index in [1.165, 1.54) is 11.3 Å². The second kappa shape index (κ2) is 5.17. The molecule has 86 valence electrons. The molecule has 1 aromatic carbocycles. The van der Waals surface area contributed by atoms with Crippen LogP contribution < -0.4 is 4.74 Å². The summed E-state index contributed by atoms with van der Waals surface area (Å²) < 4.78 is 5.83. The highest BCUT2D eigenvalue weighted by atomic mass is 35.5. The van der Waals surface area contributed by atoms with Crippen molar-refractivity contribution in [2.24, 2.45) is 0 Å². The predicted octanol–water partition coefficient (Wildman–Crippen LogP) is 3.54. The molecule has 1 aromatic heterocycles. The normalized spacial score (nSPS) is 9.94. The van der Waals surface area contributed by atoms with Crippen molar-refractivity contribution >= 4 is 22.9 Å². The average Bonchev–Trinajstić information content (AvgIpc) is 2.71. The van der Waals surface area contributed by atoms with E-state index in [9.17, 15) is 0 Å². The third kappa shape index (κ3) is 2.41. The van der Waals surface area contributed by atoms with Gasteiger partial charge in [-0.3, -0.25) is 0 Å². The van der Waals surface area contributed by atoms with E-state index in [2.05, 4.69) is 4.98 Å². The number of para-hydroxylation sites is 1. The first-order valence-electron chi connectivity index (χ1n) is 4.91. The van der Waals surface area contributed by atoms with Crippen molar-refractivity contribution in [2.45, 2.75) is 6.42 Å². The Bertz CT molecular complexity index is 574. The molecule has 0 spiro atoms. The number of nitrogens with zero attached hydrogens (tertiary/aromatic N) is 2. The summed E-state index contributed by atoms with van der Waals surface area (Å²) in [6, 6.07) is 9.65. The first-order chi connectivity index (χ1) is 8.26. The highest BCUT2D eigenvalue weighted by Gasteiger charge is 2.13. The Morgan fingerprint density at radius 1 is 1.47 bits per heavy atom. The lowest BCUT2D eigenvalue weighted by Gasteiger charge is -2.04. The minimum absolute atomic E-state index is 0.227. The Morgan fingerprint density at radius 3 is 2.94 bits per heavy atom. The maximum Gasteiger partial charge on any atom is 0.129 e. The Balaban J connectivity index is 2.47. The van der Waals surface area contributed by atoms with Gasteiger partial charge in [0.1, 0.15) is 15.1 Å². The van der Waals surface area contributed by atoms with Gasteiger partial charge in [-0.1, -0.05) is 23.7 Å². The molecule has 17 heavy (non-hydrogen) atoms. The molecular weight excluding hydrogens is 256 g/mol. The van der Waals surface area contributed by atoms with E-state index in [0.29, 0.717) is 10.0 Å². The van der Waals surface area contributed by atoms with Crippen LogP contribution in [-0.2, 0) is 6.42 Å². The lowest BCUT2D eigenvalue weighted by atomic mass is 10.2. The number of hydrogen-bond donors (Lipinski definition) is 0. The Kier molecular flexibility index (Phi) is 3.62. The maximum atomic E-state index is 8.66. The summed E-state index contributed by atoms with van der Waals surface area (Å²) in [5.41, 5.74) is 1.52. The van der Waals surface area contributed by atoms with Crippen molar-refractivity contribution in [1.82, 2.24) is 4.98 Å². The molecule has 1 heterocycles. The van der Waals surface area contributed by atoms with Crippen molar-refractivity contribution in [3.05, 3.63) is 34.3 Å². The van der Waals surface area contributed by atoms with Crippen LogP contribution in [0.25, 0.3) is 10.6 Å². The Hall–Kier alpha value is -1.57. The fourth-order valence-corrected chi connectivity index (χ4v) is 2.62. The van der Waals surface area contributed by atoms with Crippen LogP contribution in [0.4, 0.5) is 0 Å². The summed E-state index contributed by atoms with van der Waals surface area (Å²) >= 11 is 7.39. The van der Waals surface area contributed by atoms with Crippen LogP contribution in [0.1, 0.15) is 5.69 Å². The third-order valence-electron chi connectivity index (χ3n) is 2.23. The van der Waals surface area contributed by atoms with Gasteiger partial charge in [0.2, 0.25) is 0 Å². The highest BCUT2D eigenvalue weighted by molar-refractivity contribution is 7.19. The van der Waals surface area contributed by atoms with Gasteiger partial charge in [-0.05, 0) is 12.1 Å². The number of hydrogen-bond acceptors (Lipinski definition) is 4. The topological polar surface area (TPSA) is 45.9 Å². The van der Waals surface area contributed by atoms with E-state index in [-0.39, 0.29) is 6.42 Å². The second-order valence-electron chi connectivity index (χ2n) is 3.27. The van der Waals surface area contributed by atoms with Crippen LogP contribution in [0, 0.1) is 11.3 Å². The molecule has 2 rings (SSSR count). The van der Waals surface area contributed by atoms with Gasteiger partial charge in [-0.25, -0.2) is 4.98 Å². The molecule has 0 amide bonds. The van der Waals surface area contributed by atoms with Gasteiger partial charge in [0.25, 0.3) is 0 Å². The van der Waals surface area contributed by atoms with Crippen molar-refractivity contribution < 1.29 is 4.74 Å². The molecule has 0 saturated heterocycles. The monoisotopic (exact) mass is 264 g/mol. The standard InChI is InChI=1S/C12H9ClN2OS/c1-16-10-5-3-2-4-8(10)12-15-9(6-7-14)11(13)17-12/h2-5H,6H2,1H3. The molecule has 0 fully saturated rings. The van der Waals surface area contributed by atoms with Crippen LogP contribution in [0.2, 0.25) is 4.34 Å². The SMILES string of the molecule is COc1ccccc1-c1nc(CC#N)c(Cl)s1. The molecule has 0 aliphatic rings. The van der Waals surface area contributed by atoms with E-state index < -0.39 is 0 Å². The largest absolute Gasteiger partial charge is 0.496 e. The number of benzene rings is 1. The number of nitriles is 1. The summed E-state index contributed by atoms with van der Waals surface area (Å²) in [7, 11) is 1.62. The van der Waals surface area contributed by atoms with Gasteiger partial charge in [0.05, 0.1) is 30.9 Å². The van der Waals surface area contributed by atoms with Gasteiger partial charge < -0.3 is 4.74 Å². The molecule has 0 bridgehead atoms. The number of thiazole rings is 1. The summed E-state index contributed by atoms with van der Waals surface area (Å²) in [5.74, 6) is 0.751. The van der Waals surface area contributed by atoms with Crippen LogP contribution >= 0.6 is 22.9 Å². The van der Waals surface area contributed by atoms with Crippen molar-refractivity contribution in [3.63, 3.8) is 0 Å². The fraction of sp³-hybridized carbons (Fsp3) is 0.167. The maximum absolute atomic E-state index is 8.66. The molecule has 0 atom stereocenters. The summed E-state index contributed by atoms with van der Waals surface area (Å²) in [6.07, 6.45) is 0.227. The second-order valence-corrected chi connectivity index (χ2v) is 4.88. The first kappa shape index (κ1) is 11.9. The Morgan fingerprint density at radius 2 is 2.24 bits per heavy atom. The lowest BCUT2D eigenvalue weighted by molar-refractivity contribution is 0.416.